The van der Waals surface area contributed by atoms with E-state index in [2.05, 4.69) is 48.1 Å². The average molecular weight is 619 g/mol. The van der Waals surface area contributed by atoms with E-state index >= 15 is 0 Å². The van der Waals surface area contributed by atoms with Crippen molar-refractivity contribution in [1.82, 2.24) is 0 Å². The van der Waals surface area contributed by atoms with E-state index in [1.54, 1.807) is 12.1 Å². The lowest BCUT2D eigenvalue weighted by molar-refractivity contribution is -0.251. The normalized spacial score (nSPS) is 43.5. The fourth-order valence-electron chi connectivity index (χ4n) is 13.0. The topological polar surface area (TPSA) is 87.0 Å². The Labute approximate surface area is 271 Å². The van der Waals surface area contributed by atoms with Gasteiger partial charge in [0.15, 0.2) is 11.5 Å². The number of aromatic hydroxyl groups is 2. The van der Waals surface area contributed by atoms with Gasteiger partial charge < -0.3 is 20.1 Å². The summed E-state index contributed by atoms with van der Waals surface area (Å²) in [5.74, 6) is 2.31. The molecule has 0 bridgehead atoms. The van der Waals surface area contributed by atoms with E-state index in [1.807, 2.05) is 0 Å². The van der Waals surface area contributed by atoms with Gasteiger partial charge in [0.05, 0.1) is 0 Å². The molecule has 0 aromatic heterocycles. The van der Waals surface area contributed by atoms with Crippen LogP contribution in [0, 0.1) is 56.7 Å². The molecule has 0 heterocycles. The van der Waals surface area contributed by atoms with Crippen LogP contribution in [0.15, 0.2) is 36.4 Å². The predicted octanol–water partition coefficient (Wildman–Crippen LogP) is 9.06. The van der Waals surface area contributed by atoms with Gasteiger partial charge in [-0.15, -0.1) is 6.58 Å². The standard InChI is InChI=1S/C40H58O5/c1-25(2)22-27-14-19-40(24-41)21-20-38(6)28(35(27)40)10-12-32-37(5)17-16-33(36(3,4)31(37)15-18-39(32,38)7)45-34(44)13-9-26-8-11-29(42)30(43)23-26/h8-9,11,13,23,27-28,31-33,35,41-43H,1,10,12,14-22,24H2,2-7H3/b13-9+/t27-,28+,31-,32+,33-,35+,37-,38+,39+,40+/m0/s1. The smallest absolute Gasteiger partial charge is 0.331 e. The molecule has 6 rings (SSSR count). The molecule has 0 aliphatic heterocycles. The number of carbonyl (C=O) groups excluding carboxylic acids is 1. The first-order valence-corrected chi connectivity index (χ1v) is 17.8. The van der Waals surface area contributed by atoms with Gasteiger partial charge in [-0.05, 0) is 153 Å². The molecule has 10 atom stereocenters. The Hall–Kier alpha value is -2.27. The van der Waals surface area contributed by atoms with Crippen LogP contribution in [0.3, 0.4) is 0 Å². The highest BCUT2D eigenvalue weighted by atomic mass is 16.5. The van der Waals surface area contributed by atoms with Gasteiger partial charge in [0.25, 0.3) is 0 Å². The number of aliphatic hydroxyl groups excluding tert-OH is 1. The Morgan fingerprint density at radius 1 is 0.911 bits per heavy atom. The van der Waals surface area contributed by atoms with Crippen molar-refractivity contribution in [3.8, 4) is 11.5 Å². The van der Waals surface area contributed by atoms with Crippen LogP contribution in [0.25, 0.3) is 6.08 Å². The van der Waals surface area contributed by atoms with E-state index in [0.29, 0.717) is 41.8 Å². The molecule has 1 aromatic carbocycles. The number of benzene rings is 1. The molecule has 0 radical (unpaired) electrons. The van der Waals surface area contributed by atoms with E-state index in [4.69, 9.17) is 4.74 Å². The summed E-state index contributed by atoms with van der Waals surface area (Å²) in [6.45, 7) is 19.4. The molecule has 5 nitrogen and oxygen atoms in total. The zero-order valence-electron chi connectivity index (χ0n) is 28.7. The number of phenols is 2. The van der Waals surface area contributed by atoms with Crippen LogP contribution in [-0.4, -0.2) is 34.0 Å². The monoisotopic (exact) mass is 618 g/mol. The maximum Gasteiger partial charge on any atom is 0.331 e. The minimum atomic E-state index is -0.353. The van der Waals surface area contributed by atoms with Crippen LogP contribution in [0.4, 0.5) is 0 Å². The molecule has 1 aromatic rings. The SMILES string of the molecule is C=C(C)C[C@@H]1CC[C@]2(CO)CC[C@]3(C)[C@H](CC[C@@H]4[C@@]5(C)CC[C@H](OC(=O)/C=C/c6ccc(O)c(O)c6)C(C)(C)[C@@H]5CC[C@]43C)[C@@H]12. The first-order chi connectivity index (χ1) is 21.1. The molecule has 5 saturated carbocycles. The van der Waals surface area contributed by atoms with Gasteiger partial charge in [-0.3, -0.25) is 0 Å². The highest BCUT2D eigenvalue weighted by molar-refractivity contribution is 5.87. The summed E-state index contributed by atoms with van der Waals surface area (Å²) in [7, 11) is 0. The Morgan fingerprint density at radius 2 is 1.67 bits per heavy atom. The fraction of sp³-hybridized carbons (Fsp3) is 0.725. The van der Waals surface area contributed by atoms with E-state index in [9.17, 15) is 20.1 Å². The maximum atomic E-state index is 13.0. The minimum absolute atomic E-state index is 0.107. The average Bonchev–Trinajstić information content (AvgIpc) is 3.33. The Morgan fingerprint density at radius 3 is 2.36 bits per heavy atom. The van der Waals surface area contributed by atoms with Crippen molar-refractivity contribution < 1.29 is 24.9 Å². The van der Waals surface area contributed by atoms with Crippen LogP contribution >= 0.6 is 0 Å². The van der Waals surface area contributed by atoms with Crippen molar-refractivity contribution in [2.24, 2.45) is 56.7 Å². The highest BCUT2D eigenvalue weighted by Gasteiger charge is 2.70. The van der Waals surface area contributed by atoms with E-state index < -0.39 is 0 Å². The van der Waals surface area contributed by atoms with E-state index in [1.165, 1.54) is 68.7 Å². The summed E-state index contributed by atoms with van der Waals surface area (Å²) in [6, 6.07) is 4.51. The first kappa shape index (κ1) is 32.7. The van der Waals surface area contributed by atoms with Crippen molar-refractivity contribution in [2.75, 3.05) is 6.61 Å². The van der Waals surface area contributed by atoms with E-state index in [-0.39, 0.29) is 50.6 Å². The van der Waals surface area contributed by atoms with Crippen LogP contribution in [0.2, 0.25) is 0 Å². The molecule has 3 N–H and O–H groups in total. The van der Waals surface area contributed by atoms with Crippen LogP contribution in [0.5, 0.6) is 11.5 Å². The lowest BCUT2D eigenvalue weighted by Gasteiger charge is -2.73. The summed E-state index contributed by atoms with van der Waals surface area (Å²) < 4.78 is 6.19. The summed E-state index contributed by atoms with van der Waals surface area (Å²) in [4.78, 5) is 13.0. The molecular weight excluding hydrogens is 560 g/mol. The quantitative estimate of drug-likeness (QED) is 0.128. The van der Waals surface area contributed by atoms with Crippen LogP contribution in [0.1, 0.15) is 118 Å². The lowest BCUT2D eigenvalue weighted by atomic mass is 9.32. The molecule has 5 heteroatoms. The molecule has 5 aliphatic rings. The van der Waals surface area contributed by atoms with Crippen LogP contribution in [-0.2, 0) is 9.53 Å². The number of hydrogen-bond acceptors (Lipinski definition) is 5. The number of carbonyl (C=O) groups is 1. The zero-order chi connectivity index (χ0) is 32.6. The van der Waals surface area contributed by atoms with Crippen molar-refractivity contribution >= 4 is 12.0 Å². The van der Waals surface area contributed by atoms with Gasteiger partial charge >= 0.3 is 5.97 Å². The number of phenolic OH excluding ortho intramolecular Hbond substituents is 2. The molecule has 0 amide bonds. The summed E-state index contributed by atoms with van der Waals surface area (Å²) in [6.07, 6.45) is 15.8. The minimum Gasteiger partial charge on any atom is -0.504 e. The Bertz CT molecular complexity index is 1360. The van der Waals surface area contributed by atoms with E-state index in [0.717, 1.165) is 25.7 Å². The number of allylic oxidation sites excluding steroid dienone is 1. The van der Waals surface area contributed by atoms with Crippen LogP contribution < -0.4 is 0 Å². The molecule has 248 valence electrons. The van der Waals surface area contributed by atoms with Gasteiger partial charge in [0.2, 0.25) is 0 Å². The second-order valence-corrected chi connectivity index (χ2v) is 17.5. The summed E-state index contributed by atoms with van der Waals surface area (Å²) in [5.41, 5.74) is 2.63. The molecule has 5 fully saturated rings. The maximum absolute atomic E-state index is 13.0. The number of aliphatic hydroxyl groups is 1. The molecular formula is C40H58O5. The largest absolute Gasteiger partial charge is 0.504 e. The molecule has 5 aliphatic carbocycles. The van der Waals surface area contributed by atoms with Gasteiger partial charge in [0, 0.05) is 18.1 Å². The Balaban J connectivity index is 1.22. The Kier molecular flexibility index (Phi) is 8.11. The van der Waals surface area contributed by atoms with Crippen molar-refractivity contribution in [3.63, 3.8) is 0 Å². The summed E-state index contributed by atoms with van der Waals surface area (Å²) >= 11 is 0. The second kappa shape index (κ2) is 11.2. The molecule has 45 heavy (non-hydrogen) atoms. The number of rotatable bonds is 6. The molecule has 0 saturated heterocycles. The van der Waals surface area contributed by atoms with Crippen molar-refractivity contribution in [3.05, 3.63) is 42.0 Å². The highest BCUT2D eigenvalue weighted by Crippen LogP contribution is 2.77. The predicted molar refractivity (Wildman–Crippen MR) is 179 cm³/mol. The van der Waals surface area contributed by atoms with Gasteiger partial charge in [-0.1, -0.05) is 46.3 Å². The van der Waals surface area contributed by atoms with Gasteiger partial charge in [-0.25, -0.2) is 4.79 Å². The molecule has 0 spiro atoms. The second-order valence-electron chi connectivity index (χ2n) is 17.5. The third-order valence-corrected chi connectivity index (χ3v) is 15.3. The summed E-state index contributed by atoms with van der Waals surface area (Å²) in [5, 5.41) is 30.2. The lowest BCUT2D eigenvalue weighted by Crippen LogP contribution is -2.67. The third-order valence-electron chi connectivity index (χ3n) is 15.3. The number of ether oxygens (including phenoxy) is 1. The van der Waals surface area contributed by atoms with Crippen molar-refractivity contribution in [2.45, 2.75) is 118 Å². The molecule has 0 unspecified atom stereocenters. The fourth-order valence-corrected chi connectivity index (χ4v) is 13.0. The number of hydrogen-bond donors (Lipinski definition) is 3. The number of esters is 1. The van der Waals surface area contributed by atoms with Gasteiger partial charge in [-0.2, -0.15) is 0 Å². The van der Waals surface area contributed by atoms with Gasteiger partial charge in [0.1, 0.15) is 6.10 Å². The zero-order valence-corrected chi connectivity index (χ0v) is 28.7. The number of fused-ring (bicyclic) bond motifs is 7. The third kappa shape index (κ3) is 4.92. The first-order valence-electron chi connectivity index (χ1n) is 17.8. The van der Waals surface area contributed by atoms with Crippen molar-refractivity contribution in [1.29, 1.82) is 0 Å².